The van der Waals surface area contributed by atoms with E-state index in [0.29, 0.717) is 36.8 Å². The molecule has 2 aromatic carbocycles. The highest BCUT2D eigenvalue weighted by molar-refractivity contribution is 7.99. The fourth-order valence-electron chi connectivity index (χ4n) is 2.69. The third-order valence-electron chi connectivity index (χ3n) is 4.36. The number of rotatable bonds is 6. The second-order valence-electron chi connectivity index (χ2n) is 6.07. The molecule has 1 fully saturated rings. The van der Waals surface area contributed by atoms with Crippen LogP contribution in [0.4, 0.5) is 0 Å². The summed E-state index contributed by atoms with van der Waals surface area (Å²) < 4.78 is 11.1. The monoisotopic (exact) mass is 377 g/mol. The van der Waals surface area contributed by atoms with Crippen LogP contribution in [0.5, 0.6) is 11.5 Å². The molecule has 0 radical (unpaired) electrons. The molecule has 0 aromatic heterocycles. The van der Waals surface area contributed by atoms with Crippen LogP contribution >= 0.6 is 23.4 Å². The normalized spacial score (nSPS) is 16.4. The molecule has 0 bridgehead atoms. The van der Waals surface area contributed by atoms with Crippen LogP contribution < -0.4 is 10.5 Å². The van der Waals surface area contributed by atoms with E-state index in [-0.39, 0.29) is 5.91 Å². The fourth-order valence-corrected chi connectivity index (χ4v) is 4.02. The van der Waals surface area contributed by atoms with E-state index >= 15 is 0 Å². The zero-order valence-electron chi connectivity index (χ0n) is 13.7. The van der Waals surface area contributed by atoms with E-state index in [1.54, 1.807) is 23.9 Å². The quantitative estimate of drug-likeness (QED) is 0.752. The summed E-state index contributed by atoms with van der Waals surface area (Å²) in [6, 6.07) is 15.0. The molecule has 0 unspecified atom stereocenters. The summed E-state index contributed by atoms with van der Waals surface area (Å²) in [7, 11) is 0. The number of benzene rings is 2. The van der Waals surface area contributed by atoms with Crippen molar-refractivity contribution in [2.24, 2.45) is 11.1 Å². The van der Waals surface area contributed by atoms with Gasteiger partial charge in [0.15, 0.2) is 0 Å². The van der Waals surface area contributed by atoms with E-state index in [2.05, 4.69) is 0 Å². The number of hydrogen-bond donors (Lipinski definition) is 1. The molecule has 2 N–H and O–H groups in total. The Morgan fingerprint density at radius 3 is 2.20 bits per heavy atom. The molecule has 3 rings (SSSR count). The van der Waals surface area contributed by atoms with Gasteiger partial charge < -0.3 is 15.2 Å². The Morgan fingerprint density at radius 2 is 1.64 bits per heavy atom. The van der Waals surface area contributed by atoms with Gasteiger partial charge in [0.05, 0.1) is 5.41 Å². The lowest BCUT2D eigenvalue weighted by Gasteiger charge is -2.33. The van der Waals surface area contributed by atoms with E-state index in [1.165, 1.54) is 0 Å². The van der Waals surface area contributed by atoms with Gasteiger partial charge in [-0.3, -0.25) is 4.79 Å². The molecule has 6 heteroatoms. The van der Waals surface area contributed by atoms with E-state index in [9.17, 15) is 4.79 Å². The first-order valence-electron chi connectivity index (χ1n) is 8.11. The van der Waals surface area contributed by atoms with E-state index in [4.69, 9.17) is 26.8 Å². The first kappa shape index (κ1) is 18.1. The van der Waals surface area contributed by atoms with Crippen molar-refractivity contribution in [1.82, 2.24) is 0 Å². The molecular weight excluding hydrogens is 358 g/mol. The number of amides is 1. The van der Waals surface area contributed by atoms with Gasteiger partial charge in [0.2, 0.25) is 5.91 Å². The number of thioether (sulfide) groups is 1. The van der Waals surface area contributed by atoms with Gasteiger partial charge in [-0.2, -0.15) is 0 Å². The molecule has 4 nitrogen and oxygen atoms in total. The molecule has 1 aliphatic heterocycles. The maximum atomic E-state index is 11.9. The van der Waals surface area contributed by atoms with Gasteiger partial charge in [-0.05, 0) is 61.4 Å². The smallest absolute Gasteiger partial charge is 0.224 e. The van der Waals surface area contributed by atoms with Crippen LogP contribution in [0.3, 0.4) is 0 Å². The molecule has 0 atom stereocenters. The lowest BCUT2D eigenvalue weighted by molar-refractivity contribution is -0.131. The minimum absolute atomic E-state index is 0.231. The number of carbonyl (C=O) groups is 1. The molecule has 1 aliphatic rings. The van der Waals surface area contributed by atoms with Crippen molar-refractivity contribution >= 4 is 29.3 Å². The Bertz CT molecular complexity index is 712. The molecule has 0 saturated carbocycles. The number of ether oxygens (including phenoxy) is 2. The lowest BCUT2D eigenvalue weighted by atomic mass is 9.81. The second-order valence-corrected chi connectivity index (χ2v) is 7.56. The van der Waals surface area contributed by atoms with E-state index in [0.717, 1.165) is 16.4 Å². The molecule has 1 saturated heterocycles. The van der Waals surface area contributed by atoms with Crippen molar-refractivity contribution in [3.63, 3.8) is 0 Å². The minimum Gasteiger partial charge on any atom is -0.457 e. The summed E-state index contributed by atoms with van der Waals surface area (Å²) in [5.74, 6) is 1.93. The highest BCUT2D eigenvalue weighted by Gasteiger charge is 2.38. The average molecular weight is 378 g/mol. The van der Waals surface area contributed by atoms with Crippen molar-refractivity contribution in [1.29, 1.82) is 0 Å². The Hall–Kier alpha value is -1.69. The van der Waals surface area contributed by atoms with Crippen LogP contribution in [-0.2, 0) is 9.53 Å². The average Bonchev–Trinajstić information content (AvgIpc) is 2.64. The Labute approximate surface area is 156 Å². The SMILES string of the molecule is NC(=O)C1(CSc2ccc(Oc3ccc(Cl)cc3)cc2)CCOCC1. The highest BCUT2D eigenvalue weighted by atomic mass is 35.5. The first-order chi connectivity index (χ1) is 12.1. The summed E-state index contributed by atoms with van der Waals surface area (Å²) in [6.45, 7) is 1.19. The predicted molar refractivity (Wildman–Crippen MR) is 100 cm³/mol. The van der Waals surface area contributed by atoms with Crippen LogP contribution in [0.25, 0.3) is 0 Å². The molecule has 0 aliphatic carbocycles. The summed E-state index contributed by atoms with van der Waals surface area (Å²) in [5, 5.41) is 0.676. The zero-order chi connectivity index (χ0) is 17.7. The third-order valence-corrected chi connectivity index (χ3v) is 5.92. The van der Waals surface area contributed by atoms with Gasteiger partial charge >= 0.3 is 0 Å². The third kappa shape index (κ3) is 4.69. The molecule has 1 heterocycles. The summed E-state index contributed by atoms with van der Waals surface area (Å²) in [6.07, 6.45) is 1.38. The second kappa shape index (κ2) is 8.13. The maximum absolute atomic E-state index is 11.9. The predicted octanol–water partition coefficient (Wildman–Crippen LogP) is 4.51. The maximum Gasteiger partial charge on any atom is 0.224 e. The number of carbonyl (C=O) groups excluding carboxylic acids is 1. The largest absolute Gasteiger partial charge is 0.457 e. The zero-order valence-corrected chi connectivity index (χ0v) is 15.3. The standard InChI is InChI=1S/C19H20ClNO3S/c20-14-1-3-15(4-2-14)24-16-5-7-17(8-6-16)25-13-19(18(21)22)9-11-23-12-10-19/h1-8H,9-13H2,(H2,21,22). The van der Waals surface area contributed by atoms with Crippen LogP contribution in [0.2, 0.25) is 5.02 Å². The summed E-state index contributed by atoms with van der Waals surface area (Å²) >= 11 is 7.51. The van der Waals surface area contributed by atoms with Crippen LogP contribution in [0.1, 0.15) is 12.8 Å². The topological polar surface area (TPSA) is 61.6 Å². The Balaban J connectivity index is 1.60. The lowest BCUT2D eigenvalue weighted by Crippen LogP contribution is -2.43. The van der Waals surface area contributed by atoms with Crippen molar-refractivity contribution in [2.75, 3.05) is 19.0 Å². The number of hydrogen-bond acceptors (Lipinski definition) is 4. The van der Waals surface area contributed by atoms with Gasteiger partial charge in [-0.15, -0.1) is 11.8 Å². The van der Waals surface area contributed by atoms with E-state index in [1.807, 2.05) is 36.4 Å². The van der Waals surface area contributed by atoms with Crippen LogP contribution in [-0.4, -0.2) is 24.9 Å². The number of nitrogens with two attached hydrogens (primary N) is 1. The van der Waals surface area contributed by atoms with Crippen molar-refractivity contribution < 1.29 is 14.3 Å². The van der Waals surface area contributed by atoms with Crippen molar-refractivity contribution in [3.05, 3.63) is 53.6 Å². The number of halogens is 1. The first-order valence-corrected chi connectivity index (χ1v) is 9.48. The Morgan fingerprint density at radius 1 is 1.08 bits per heavy atom. The molecule has 1 amide bonds. The summed E-state index contributed by atoms with van der Waals surface area (Å²) in [4.78, 5) is 13.0. The van der Waals surface area contributed by atoms with Gasteiger partial charge in [-0.25, -0.2) is 0 Å². The van der Waals surface area contributed by atoms with Crippen LogP contribution in [0, 0.1) is 5.41 Å². The molecule has 0 spiro atoms. The van der Waals surface area contributed by atoms with E-state index < -0.39 is 5.41 Å². The molecule has 2 aromatic rings. The van der Waals surface area contributed by atoms with Gasteiger partial charge in [0.25, 0.3) is 0 Å². The fraction of sp³-hybridized carbons (Fsp3) is 0.316. The molecule has 25 heavy (non-hydrogen) atoms. The van der Waals surface area contributed by atoms with Gasteiger partial charge in [-0.1, -0.05) is 11.6 Å². The van der Waals surface area contributed by atoms with Gasteiger partial charge in [0, 0.05) is 28.9 Å². The van der Waals surface area contributed by atoms with Gasteiger partial charge in [0.1, 0.15) is 11.5 Å². The Kier molecular flexibility index (Phi) is 5.89. The van der Waals surface area contributed by atoms with Crippen LogP contribution in [0.15, 0.2) is 53.4 Å². The minimum atomic E-state index is -0.471. The highest BCUT2D eigenvalue weighted by Crippen LogP contribution is 2.37. The molecular formula is C19H20ClNO3S. The van der Waals surface area contributed by atoms with Crippen molar-refractivity contribution in [2.45, 2.75) is 17.7 Å². The molecule has 132 valence electrons. The summed E-state index contributed by atoms with van der Waals surface area (Å²) in [5.41, 5.74) is 5.18. The van der Waals surface area contributed by atoms with Crippen molar-refractivity contribution in [3.8, 4) is 11.5 Å². The number of primary amides is 1.